The van der Waals surface area contributed by atoms with E-state index >= 15 is 0 Å². The molecule has 1 N–H and O–H groups in total. The van der Waals surface area contributed by atoms with E-state index < -0.39 is 40.3 Å². The highest BCUT2D eigenvalue weighted by Gasteiger charge is 2.42. The predicted octanol–water partition coefficient (Wildman–Crippen LogP) is 2.91. The number of rotatable bonds is 2. The van der Waals surface area contributed by atoms with Gasteiger partial charge in [-0.3, -0.25) is 4.79 Å². The standard InChI is InChI=1S/C17H21F2NO4/c1-16(2,3)24-15(22)20-8-6-17(23,7-9-20)14(21)12-10-11(18)4-5-13(12)19/h4-5,10,23H,6-9H2,1-3H3. The number of carbonyl (C=O) groups is 2. The van der Waals surface area contributed by atoms with Crippen LogP contribution in [-0.4, -0.2) is 46.2 Å². The topological polar surface area (TPSA) is 66.8 Å². The van der Waals surface area contributed by atoms with Gasteiger partial charge in [0, 0.05) is 25.9 Å². The van der Waals surface area contributed by atoms with Crippen LogP contribution in [0.3, 0.4) is 0 Å². The molecule has 0 unspecified atom stereocenters. The van der Waals surface area contributed by atoms with Crippen molar-refractivity contribution in [3.63, 3.8) is 0 Å². The SMILES string of the molecule is CC(C)(C)OC(=O)N1CCC(O)(C(=O)c2cc(F)ccc2F)CC1. The number of aliphatic hydroxyl groups is 1. The minimum absolute atomic E-state index is 0.0684. The van der Waals surface area contributed by atoms with Crippen molar-refractivity contribution in [2.45, 2.75) is 44.8 Å². The van der Waals surface area contributed by atoms with Crippen molar-refractivity contribution in [2.24, 2.45) is 0 Å². The van der Waals surface area contributed by atoms with E-state index in [0.717, 1.165) is 18.2 Å². The lowest BCUT2D eigenvalue weighted by atomic mass is 9.84. The zero-order valence-electron chi connectivity index (χ0n) is 13.9. The summed E-state index contributed by atoms with van der Waals surface area (Å²) in [6, 6.07) is 2.53. The minimum atomic E-state index is -1.83. The van der Waals surface area contributed by atoms with Crippen LogP contribution in [0.15, 0.2) is 18.2 Å². The van der Waals surface area contributed by atoms with Gasteiger partial charge in [-0.1, -0.05) is 0 Å². The molecule has 132 valence electrons. The number of ether oxygens (including phenoxy) is 1. The molecule has 0 spiro atoms. The van der Waals surface area contributed by atoms with Crippen molar-refractivity contribution in [3.05, 3.63) is 35.4 Å². The first-order chi connectivity index (χ1) is 11.0. The molecule has 0 aliphatic carbocycles. The van der Waals surface area contributed by atoms with Crippen molar-refractivity contribution in [1.82, 2.24) is 4.90 Å². The van der Waals surface area contributed by atoms with Crippen LogP contribution in [0.4, 0.5) is 13.6 Å². The lowest BCUT2D eigenvalue weighted by Crippen LogP contribution is -2.51. The Morgan fingerprint density at radius 2 is 1.79 bits per heavy atom. The molecule has 1 heterocycles. The Morgan fingerprint density at radius 3 is 2.33 bits per heavy atom. The maximum absolute atomic E-state index is 13.8. The number of amides is 1. The number of carbonyl (C=O) groups excluding carboxylic acids is 2. The summed E-state index contributed by atoms with van der Waals surface area (Å²) >= 11 is 0. The fourth-order valence-electron chi connectivity index (χ4n) is 2.53. The number of ketones is 1. The molecule has 0 saturated carbocycles. The van der Waals surface area contributed by atoms with Crippen molar-refractivity contribution in [3.8, 4) is 0 Å². The summed E-state index contributed by atoms with van der Waals surface area (Å²) in [5, 5.41) is 10.5. The van der Waals surface area contributed by atoms with Gasteiger partial charge in [0.25, 0.3) is 0 Å². The molecule has 0 bridgehead atoms. The monoisotopic (exact) mass is 341 g/mol. The van der Waals surface area contributed by atoms with E-state index in [1.807, 2.05) is 0 Å². The second-order valence-electron chi connectivity index (χ2n) is 6.95. The van der Waals surface area contributed by atoms with Gasteiger partial charge >= 0.3 is 6.09 Å². The molecule has 5 nitrogen and oxygen atoms in total. The average Bonchev–Trinajstić information content (AvgIpc) is 2.48. The number of benzene rings is 1. The molecule has 1 aliphatic rings. The third-order valence-electron chi connectivity index (χ3n) is 3.84. The van der Waals surface area contributed by atoms with Gasteiger partial charge in [0.05, 0.1) is 5.56 Å². The first-order valence-electron chi connectivity index (χ1n) is 7.72. The number of hydrogen-bond donors (Lipinski definition) is 1. The molecule has 1 fully saturated rings. The fourth-order valence-corrected chi connectivity index (χ4v) is 2.53. The van der Waals surface area contributed by atoms with E-state index in [9.17, 15) is 23.5 Å². The highest BCUT2D eigenvalue weighted by atomic mass is 19.1. The van der Waals surface area contributed by atoms with Gasteiger partial charge in [0.15, 0.2) is 5.78 Å². The van der Waals surface area contributed by atoms with Gasteiger partial charge in [-0.2, -0.15) is 0 Å². The number of nitrogens with zero attached hydrogens (tertiary/aromatic N) is 1. The number of halogens is 2. The quantitative estimate of drug-likeness (QED) is 0.840. The number of Topliss-reactive ketones (excluding diaryl/α,β-unsaturated/α-hetero) is 1. The van der Waals surface area contributed by atoms with Crippen LogP contribution in [0.1, 0.15) is 44.0 Å². The maximum Gasteiger partial charge on any atom is 0.410 e. The van der Waals surface area contributed by atoms with E-state index in [1.54, 1.807) is 20.8 Å². The minimum Gasteiger partial charge on any atom is -0.444 e. The summed E-state index contributed by atoms with van der Waals surface area (Å²) in [6.07, 6.45) is -0.670. The van der Waals surface area contributed by atoms with Crippen LogP contribution >= 0.6 is 0 Å². The number of piperidine rings is 1. The van der Waals surface area contributed by atoms with E-state index in [0.29, 0.717) is 0 Å². The van der Waals surface area contributed by atoms with Crippen molar-refractivity contribution >= 4 is 11.9 Å². The Bertz CT molecular complexity index is 646. The van der Waals surface area contributed by atoms with Crippen LogP contribution in [0.5, 0.6) is 0 Å². The number of hydrogen-bond acceptors (Lipinski definition) is 4. The van der Waals surface area contributed by atoms with Crippen LogP contribution in [0.25, 0.3) is 0 Å². The van der Waals surface area contributed by atoms with E-state index in [2.05, 4.69) is 0 Å². The Balaban J connectivity index is 2.08. The number of likely N-dealkylation sites (tertiary alicyclic amines) is 1. The van der Waals surface area contributed by atoms with Gasteiger partial charge in [-0.05, 0) is 39.0 Å². The molecule has 1 amide bonds. The molecular weight excluding hydrogens is 320 g/mol. The van der Waals surface area contributed by atoms with E-state index in [4.69, 9.17) is 4.74 Å². The zero-order valence-corrected chi connectivity index (χ0v) is 13.9. The Labute approximate surface area is 139 Å². The third-order valence-corrected chi connectivity index (χ3v) is 3.84. The molecule has 0 atom stereocenters. The van der Waals surface area contributed by atoms with Gasteiger partial charge in [-0.25, -0.2) is 13.6 Å². The molecule has 1 saturated heterocycles. The summed E-state index contributed by atoms with van der Waals surface area (Å²) in [6.45, 7) is 5.40. The molecule has 1 aromatic carbocycles. The normalized spacial score (nSPS) is 17.5. The first kappa shape index (κ1) is 18.3. The van der Waals surface area contributed by atoms with Gasteiger partial charge in [0.1, 0.15) is 22.8 Å². The molecule has 1 aromatic rings. The lowest BCUT2D eigenvalue weighted by Gasteiger charge is -2.37. The van der Waals surface area contributed by atoms with Gasteiger partial charge in [0.2, 0.25) is 0 Å². The fraction of sp³-hybridized carbons (Fsp3) is 0.529. The smallest absolute Gasteiger partial charge is 0.410 e. The third kappa shape index (κ3) is 4.08. The van der Waals surface area contributed by atoms with Crippen molar-refractivity contribution in [1.29, 1.82) is 0 Å². The van der Waals surface area contributed by atoms with E-state index in [-0.39, 0.29) is 25.9 Å². The maximum atomic E-state index is 13.8. The van der Waals surface area contributed by atoms with Gasteiger partial charge < -0.3 is 14.7 Å². The highest BCUT2D eigenvalue weighted by molar-refractivity contribution is 6.02. The van der Waals surface area contributed by atoms with Crippen LogP contribution in [-0.2, 0) is 4.74 Å². The summed E-state index contributed by atoms with van der Waals surface area (Å²) in [4.78, 5) is 25.8. The van der Waals surface area contributed by atoms with Crippen LogP contribution in [0.2, 0.25) is 0 Å². The predicted molar refractivity (Wildman–Crippen MR) is 82.7 cm³/mol. The molecule has 0 radical (unpaired) electrons. The lowest BCUT2D eigenvalue weighted by molar-refractivity contribution is -0.0201. The molecular formula is C17H21F2NO4. The summed E-state index contributed by atoms with van der Waals surface area (Å²) in [7, 11) is 0. The Morgan fingerprint density at radius 1 is 1.21 bits per heavy atom. The molecule has 2 rings (SSSR count). The Kier molecular flexibility index (Phi) is 4.94. The molecule has 7 heteroatoms. The second-order valence-corrected chi connectivity index (χ2v) is 6.95. The summed E-state index contributed by atoms with van der Waals surface area (Å²) in [5.41, 5.74) is -2.96. The summed E-state index contributed by atoms with van der Waals surface area (Å²) in [5.74, 6) is -2.51. The molecule has 24 heavy (non-hydrogen) atoms. The molecule has 1 aliphatic heterocycles. The summed E-state index contributed by atoms with van der Waals surface area (Å²) < 4.78 is 32.2. The second kappa shape index (κ2) is 6.47. The van der Waals surface area contributed by atoms with Crippen LogP contribution in [0, 0.1) is 11.6 Å². The van der Waals surface area contributed by atoms with Crippen molar-refractivity contribution in [2.75, 3.05) is 13.1 Å². The highest BCUT2D eigenvalue weighted by Crippen LogP contribution is 2.28. The largest absolute Gasteiger partial charge is 0.444 e. The Hall–Kier alpha value is -2.02. The zero-order chi connectivity index (χ0) is 18.1. The average molecular weight is 341 g/mol. The first-order valence-corrected chi connectivity index (χ1v) is 7.72. The molecule has 0 aromatic heterocycles. The van der Waals surface area contributed by atoms with E-state index in [1.165, 1.54) is 4.90 Å². The van der Waals surface area contributed by atoms with Crippen molar-refractivity contribution < 1.29 is 28.2 Å². The van der Waals surface area contributed by atoms with Crippen LogP contribution < -0.4 is 0 Å². The van der Waals surface area contributed by atoms with Gasteiger partial charge in [-0.15, -0.1) is 0 Å².